The summed E-state index contributed by atoms with van der Waals surface area (Å²) in [4.78, 5) is 0. The first-order valence-corrected chi connectivity index (χ1v) is 4.66. The zero-order valence-electron chi connectivity index (χ0n) is 7.26. The fourth-order valence-electron chi connectivity index (χ4n) is 1.11. The molecule has 72 valence electrons. The van der Waals surface area contributed by atoms with Crippen LogP contribution < -0.4 is 5.73 Å². The molecule has 2 nitrogen and oxygen atoms in total. The molecule has 0 aliphatic heterocycles. The fourth-order valence-corrected chi connectivity index (χ4v) is 1.61. The van der Waals surface area contributed by atoms with E-state index in [-0.39, 0.29) is 11.9 Å². The number of halogens is 2. The lowest BCUT2D eigenvalue weighted by atomic mass is 10.1. The summed E-state index contributed by atoms with van der Waals surface area (Å²) in [5, 5.41) is 0. The molecule has 1 aromatic carbocycles. The van der Waals surface area contributed by atoms with Crippen molar-refractivity contribution in [2.24, 2.45) is 5.73 Å². The number of nitrogens with two attached hydrogens (primary N) is 1. The summed E-state index contributed by atoms with van der Waals surface area (Å²) in [7, 11) is 1.55. The van der Waals surface area contributed by atoms with Crippen molar-refractivity contribution in [2.75, 3.05) is 13.7 Å². The minimum atomic E-state index is -0.284. The van der Waals surface area contributed by atoms with Crippen LogP contribution >= 0.6 is 15.9 Å². The number of hydrogen-bond donors (Lipinski definition) is 1. The van der Waals surface area contributed by atoms with Gasteiger partial charge in [0.15, 0.2) is 0 Å². The summed E-state index contributed by atoms with van der Waals surface area (Å²) in [5.41, 5.74) is 6.21. The predicted molar refractivity (Wildman–Crippen MR) is 52.9 cm³/mol. The van der Waals surface area contributed by atoms with Gasteiger partial charge in [-0.15, -0.1) is 0 Å². The van der Waals surface area contributed by atoms with Gasteiger partial charge in [-0.05, 0) is 23.8 Å². The number of methoxy groups -OCH3 is 1. The first-order chi connectivity index (χ1) is 6.19. The highest BCUT2D eigenvalue weighted by atomic mass is 79.9. The van der Waals surface area contributed by atoms with Gasteiger partial charge in [-0.1, -0.05) is 15.9 Å². The first kappa shape index (κ1) is 10.6. The molecule has 0 amide bonds. The molecule has 1 unspecified atom stereocenters. The fraction of sp³-hybridized carbons (Fsp3) is 0.333. The van der Waals surface area contributed by atoms with Crippen LogP contribution in [0.5, 0.6) is 0 Å². The van der Waals surface area contributed by atoms with Crippen LogP contribution in [-0.4, -0.2) is 13.7 Å². The van der Waals surface area contributed by atoms with Gasteiger partial charge in [-0.2, -0.15) is 0 Å². The maximum atomic E-state index is 12.9. The number of rotatable bonds is 3. The Morgan fingerprint density at radius 3 is 2.85 bits per heavy atom. The summed E-state index contributed by atoms with van der Waals surface area (Å²) in [5.74, 6) is -0.284. The van der Waals surface area contributed by atoms with E-state index in [9.17, 15) is 4.39 Å². The molecule has 0 saturated carbocycles. The molecule has 1 rings (SSSR count). The van der Waals surface area contributed by atoms with E-state index < -0.39 is 0 Å². The lowest BCUT2D eigenvalue weighted by Crippen LogP contribution is -2.14. The highest BCUT2D eigenvalue weighted by molar-refractivity contribution is 9.10. The van der Waals surface area contributed by atoms with E-state index in [1.54, 1.807) is 13.2 Å². The van der Waals surface area contributed by atoms with E-state index in [1.807, 2.05) is 0 Å². The third kappa shape index (κ3) is 2.49. The smallest absolute Gasteiger partial charge is 0.123 e. The molecule has 0 saturated heterocycles. The van der Waals surface area contributed by atoms with Gasteiger partial charge in [0.05, 0.1) is 6.10 Å². The Morgan fingerprint density at radius 2 is 2.31 bits per heavy atom. The van der Waals surface area contributed by atoms with E-state index in [0.717, 1.165) is 10.0 Å². The monoisotopic (exact) mass is 247 g/mol. The summed E-state index contributed by atoms with van der Waals surface area (Å²) in [6.45, 7) is 0.332. The predicted octanol–water partition coefficient (Wildman–Crippen LogP) is 2.23. The SMILES string of the molecule is COC(CN)c1cc(F)ccc1Br. The van der Waals surface area contributed by atoms with Crippen molar-refractivity contribution < 1.29 is 9.13 Å². The molecule has 4 heteroatoms. The average Bonchev–Trinajstić information content (AvgIpc) is 2.13. The lowest BCUT2D eigenvalue weighted by Gasteiger charge is -2.14. The second-order valence-electron chi connectivity index (χ2n) is 2.63. The molecule has 0 bridgehead atoms. The van der Waals surface area contributed by atoms with Gasteiger partial charge in [-0.3, -0.25) is 0 Å². The van der Waals surface area contributed by atoms with Crippen LogP contribution in [0, 0.1) is 5.82 Å². The number of ether oxygens (including phenoxy) is 1. The van der Waals surface area contributed by atoms with E-state index in [2.05, 4.69) is 15.9 Å². The molecular weight excluding hydrogens is 237 g/mol. The lowest BCUT2D eigenvalue weighted by molar-refractivity contribution is 0.109. The normalized spacial score (nSPS) is 12.9. The molecule has 0 aliphatic rings. The summed E-state index contributed by atoms with van der Waals surface area (Å²) >= 11 is 3.31. The summed E-state index contributed by atoms with van der Waals surface area (Å²) < 4.78 is 18.8. The summed E-state index contributed by atoms with van der Waals surface area (Å²) in [6.07, 6.45) is -0.259. The van der Waals surface area contributed by atoms with Gasteiger partial charge in [0, 0.05) is 18.1 Å². The van der Waals surface area contributed by atoms with Gasteiger partial charge in [-0.25, -0.2) is 4.39 Å². The molecule has 1 aromatic rings. The largest absolute Gasteiger partial charge is 0.375 e. The third-order valence-electron chi connectivity index (χ3n) is 1.80. The van der Waals surface area contributed by atoms with Gasteiger partial charge >= 0.3 is 0 Å². The maximum absolute atomic E-state index is 12.9. The van der Waals surface area contributed by atoms with E-state index in [1.165, 1.54) is 12.1 Å². The Balaban J connectivity index is 3.03. The Kier molecular flexibility index (Phi) is 3.84. The second kappa shape index (κ2) is 4.69. The van der Waals surface area contributed by atoms with Crippen molar-refractivity contribution in [3.8, 4) is 0 Å². The minimum Gasteiger partial charge on any atom is -0.375 e. The topological polar surface area (TPSA) is 35.2 Å². The van der Waals surface area contributed by atoms with Crippen LogP contribution in [0.2, 0.25) is 0 Å². The van der Waals surface area contributed by atoms with Gasteiger partial charge in [0.2, 0.25) is 0 Å². The first-order valence-electron chi connectivity index (χ1n) is 3.87. The molecule has 2 N–H and O–H groups in total. The molecule has 0 spiro atoms. The van der Waals surface area contributed by atoms with Crippen LogP contribution in [-0.2, 0) is 4.74 Å². The molecule has 0 radical (unpaired) electrons. The zero-order chi connectivity index (χ0) is 9.84. The molecule has 0 aliphatic carbocycles. The van der Waals surface area contributed by atoms with Crippen molar-refractivity contribution in [2.45, 2.75) is 6.10 Å². The quantitative estimate of drug-likeness (QED) is 0.890. The molecular formula is C9H11BrFNO. The highest BCUT2D eigenvalue weighted by Crippen LogP contribution is 2.25. The van der Waals surface area contributed by atoms with Crippen molar-refractivity contribution in [1.82, 2.24) is 0 Å². The van der Waals surface area contributed by atoms with Crippen molar-refractivity contribution in [3.63, 3.8) is 0 Å². The minimum absolute atomic E-state index is 0.259. The number of hydrogen-bond acceptors (Lipinski definition) is 2. The standard InChI is InChI=1S/C9H11BrFNO/c1-13-9(5-12)7-4-6(11)2-3-8(7)10/h2-4,9H,5,12H2,1H3. The van der Waals surface area contributed by atoms with Gasteiger partial charge < -0.3 is 10.5 Å². The van der Waals surface area contributed by atoms with Gasteiger partial charge in [0.25, 0.3) is 0 Å². The van der Waals surface area contributed by atoms with Crippen molar-refractivity contribution in [1.29, 1.82) is 0 Å². The van der Waals surface area contributed by atoms with Crippen LogP contribution in [0.3, 0.4) is 0 Å². The van der Waals surface area contributed by atoms with Crippen molar-refractivity contribution in [3.05, 3.63) is 34.1 Å². The molecule has 0 heterocycles. The summed E-state index contributed by atoms with van der Waals surface area (Å²) in [6, 6.07) is 4.45. The average molecular weight is 248 g/mol. The van der Waals surface area contributed by atoms with Gasteiger partial charge in [0.1, 0.15) is 5.82 Å². The molecule has 0 aromatic heterocycles. The zero-order valence-corrected chi connectivity index (χ0v) is 8.84. The second-order valence-corrected chi connectivity index (χ2v) is 3.48. The third-order valence-corrected chi connectivity index (χ3v) is 2.53. The van der Waals surface area contributed by atoms with Crippen molar-refractivity contribution >= 4 is 15.9 Å². The van der Waals surface area contributed by atoms with E-state index >= 15 is 0 Å². The van der Waals surface area contributed by atoms with Crippen LogP contribution in [0.25, 0.3) is 0 Å². The van der Waals surface area contributed by atoms with Crippen LogP contribution in [0.1, 0.15) is 11.7 Å². The Hall–Kier alpha value is -0.450. The molecule has 1 atom stereocenters. The maximum Gasteiger partial charge on any atom is 0.123 e. The Morgan fingerprint density at radius 1 is 1.62 bits per heavy atom. The van der Waals surface area contributed by atoms with Crippen LogP contribution in [0.4, 0.5) is 4.39 Å². The highest BCUT2D eigenvalue weighted by Gasteiger charge is 2.12. The Bertz CT molecular complexity index is 289. The molecule has 0 fully saturated rings. The Labute approximate surface area is 85.0 Å². The van der Waals surface area contributed by atoms with Crippen LogP contribution in [0.15, 0.2) is 22.7 Å². The van der Waals surface area contributed by atoms with E-state index in [4.69, 9.17) is 10.5 Å². The number of benzene rings is 1. The van der Waals surface area contributed by atoms with E-state index in [0.29, 0.717) is 6.54 Å². The molecule has 13 heavy (non-hydrogen) atoms.